The van der Waals surface area contributed by atoms with Crippen molar-refractivity contribution in [2.24, 2.45) is 0 Å². The minimum atomic E-state index is -4.01. The maximum atomic E-state index is 12.5. The second-order valence-corrected chi connectivity index (χ2v) is 8.66. The third kappa shape index (κ3) is 4.50. The summed E-state index contributed by atoms with van der Waals surface area (Å²) in [5.41, 5.74) is 0.257. The van der Waals surface area contributed by atoms with E-state index in [1.165, 1.54) is 26.1 Å². The number of hydrogen-bond acceptors (Lipinski definition) is 5. The molecule has 8 nitrogen and oxygen atoms in total. The second-order valence-electron chi connectivity index (χ2n) is 4.87. The maximum absolute atomic E-state index is 12.5. The molecule has 0 spiro atoms. The highest BCUT2D eigenvalue weighted by molar-refractivity contribution is 7.89. The molecule has 1 rings (SSSR count). The fourth-order valence-electron chi connectivity index (χ4n) is 2.03. The van der Waals surface area contributed by atoms with Crippen LogP contribution < -0.4 is 4.72 Å². The average Bonchev–Trinajstić information content (AvgIpc) is 2.46. The summed E-state index contributed by atoms with van der Waals surface area (Å²) in [7, 11) is -6.45. The van der Waals surface area contributed by atoms with Gasteiger partial charge in [0, 0.05) is 6.54 Å². The van der Waals surface area contributed by atoms with Gasteiger partial charge in [0.15, 0.2) is 0 Å². The largest absolute Gasteiger partial charge is 0.480 e. The van der Waals surface area contributed by atoms with Gasteiger partial charge in [-0.2, -0.15) is 4.31 Å². The Morgan fingerprint density at radius 3 is 2.30 bits per heavy atom. The minimum Gasteiger partial charge on any atom is -0.480 e. The molecule has 0 atom stereocenters. The van der Waals surface area contributed by atoms with E-state index < -0.39 is 32.6 Å². The lowest BCUT2D eigenvalue weighted by molar-refractivity contribution is -0.137. The first-order chi connectivity index (χ1) is 10.6. The molecule has 0 fully saturated rings. The lowest BCUT2D eigenvalue weighted by Crippen LogP contribution is -2.36. The van der Waals surface area contributed by atoms with Crippen molar-refractivity contribution in [1.82, 2.24) is 9.03 Å². The molecule has 1 aromatic carbocycles. The summed E-state index contributed by atoms with van der Waals surface area (Å²) in [4.78, 5) is 10.7. The number of carbonyl (C=O) groups is 1. The Hall–Kier alpha value is -1.49. The number of aryl methyl sites for hydroxylation is 1. The molecule has 0 unspecified atom stereocenters. The highest BCUT2D eigenvalue weighted by Gasteiger charge is 2.27. The maximum Gasteiger partial charge on any atom is 0.318 e. The van der Waals surface area contributed by atoms with Crippen LogP contribution in [-0.4, -0.2) is 52.4 Å². The molecule has 0 aromatic heterocycles. The minimum absolute atomic E-state index is 0.0285. The van der Waals surface area contributed by atoms with Crippen LogP contribution in [0.2, 0.25) is 0 Å². The topological polar surface area (TPSA) is 121 Å². The molecule has 0 aliphatic heterocycles. The van der Waals surface area contributed by atoms with Gasteiger partial charge in [-0.3, -0.25) is 4.79 Å². The molecule has 23 heavy (non-hydrogen) atoms. The Labute approximate surface area is 136 Å². The molecule has 0 saturated carbocycles. The number of hydrogen-bond donors (Lipinski definition) is 2. The normalized spacial score (nSPS) is 12.5. The lowest BCUT2D eigenvalue weighted by atomic mass is 10.2. The molecule has 0 radical (unpaired) electrons. The predicted octanol–water partition coefficient (Wildman–Crippen LogP) is 0.388. The zero-order chi connectivity index (χ0) is 17.8. The highest BCUT2D eigenvalue weighted by atomic mass is 32.2. The first-order valence-corrected chi connectivity index (χ1v) is 9.74. The molecule has 1 aromatic rings. The van der Waals surface area contributed by atoms with Crippen molar-refractivity contribution in [2.75, 3.05) is 20.1 Å². The number of sulfonamides is 2. The molecule has 0 amide bonds. The Balaban J connectivity index is 3.34. The van der Waals surface area contributed by atoms with E-state index in [-0.39, 0.29) is 21.9 Å². The van der Waals surface area contributed by atoms with Gasteiger partial charge in [0.2, 0.25) is 20.0 Å². The van der Waals surface area contributed by atoms with Crippen molar-refractivity contribution < 1.29 is 26.7 Å². The molecule has 0 aliphatic rings. The van der Waals surface area contributed by atoms with Gasteiger partial charge in [-0.15, -0.1) is 0 Å². The number of nitrogens with zero attached hydrogens (tertiary/aromatic N) is 1. The van der Waals surface area contributed by atoms with E-state index in [9.17, 15) is 21.6 Å². The van der Waals surface area contributed by atoms with Crippen molar-refractivity contribution in [3.8, 4) is 0 Å². The van der Waals surface area contributed by atoms with Crippen LogP contribution in [-0.2, 0) is 24.8 Å². The summed E-state index contributed by atoms with van der Waals surface area (Å²) in [5, 5.41) is 8.86. The van der Waals surface area contributed by atoms with Crippen LogP contribution in [0.15, 0.2) is 28.0 Å². The van der Waals surface area contributed by atoms with Gasteiger partial charge in [-0.25, -0.2) is 21.6 Å². The molecule has 10 heteroatoms. The zero-order valence-corrected chi connectivity index (χ0v) is 14.7. The van der Waals surface area contributed by atoms with Gasteiger partial charge >= 0.3 is 5.97 Å². The number of benzene rings is 1. The second kappa shape index (κ2) is 7.39. The SMILES string of the molecule is CCCN(CC(=O)O)S(=O)(=O)c1ccc(S(=O)(=O)NC)c(C)c1. The Morgan fingerprint density at radius 1 is 1.26 bits per heavy atom. The van der Waals surface area contributed by atoms with E-state index in [4.69, 9.17) is 5.11 Å². The number of carboxylic acids is 1. The van der Waals surface area contributed by atoms with E-state index in [1.807, 2.05) is 0 Å². The molecule has 0 bridgehead atoms. The van der Waals surface area contributed by atoms with Crippen LogP contribution >= 0.6 is 0 Å². The van der Waals surface area contributed by atoms with Crippen molar-refractivity contribution in [2.45, 2.75) is 30.1 Å². The summed E-state index contributed by atoms with van der Waals surface area (Å²) >= 11 is 0. The van der Waals surface area contributed by atoms with E-state index in [2.05, 4.69) is 4.72 Å². The van der Waals surface area contributed by atoms with Crippen molar-refractivity contribution in [3.63, 3.8) is 0 Å². The van der Waals surface area contributed by atoms with Crippen molar-refractivity contribution in [3.05, 3.63) is 23.8 Å². The smallest absolute Gasteiger partial charge is 0.318 e. The summed E-state index contributed by atoms with van der Waals surface area (Å²) < 4.78 is 51.7. The van der Waals surface area contributed by atoms with E-state index in [1.54, 1.807) is 6.92 Å². The summed E-state index contributed by atoms with van der Waals surface area (Å²) in [5.74, 6) is -1.26. The van der Waals surface area contributed by atoms with Gasteiger partial charge in [0.25, 0.3) is 0 Å². The third-order valence-electron chi connectivity index (χ3n) is 3.13. The predicted molar refractivity (Wildman–Crippen MR) is 84.1 cm³/mol. The Bertz CT molecular complexity index is 787. The quantitative estimate of drug-likeness (QED) is 0.688. The molecule has 130 valence electrons. The number of aliphatic carboxylic acids is 1. The van der Waals surface area contributed by atoms with Gasteiger partial charge in [0.05, 0.1) is 9.79 Å². The van der Waals surface area contributed by atoms with Crippen molar-refractivity contribution in [1.29, 1.82) is 0 Å². The van der Waals surface area contributed by atoms with Crippen LogP contribution in [0.25, 0.3) is 0 Å². The molecular weight excluding hydrogens is 344 g/mol. The van der Waals surface area contributed by atoms with E-state index in [0.29, 0.717) is 6.42 Å². The van der Waals surface area contributed by atoms with Crippen LogP contribution in [0.5, 0.6) is 0 Å². The molecule has 0 saturated heterocycles. The van der Waals surface area contributed by atoms with Gasteiger partial charge in [0.1, 0.15) is 6.54 Å². The number of nitrogens with one attached hydrogen (secondary N) is 1. The van der Waals surface area contributed by atoms with Crippen LogP contribution in [0.1, 0.15) is 18.9 Å². The molecule has 0 aliphatic carbocycles. The summed E-state index contributed by atoms with van der Waals surface area (Å²) in [6.45, 7) is 2.62. The standard InChI is InChI=1S/C13H20N2O6S2/c1-4-7-15(9-13(16)17)23(20,21)11-5-6-12(10(2)8-11)22(18,19)14-3/h5-6,8,14H,4,7,9H2,1-3H3,(H,16,17). The molecule has 0 heterocycles. The average molecular weight is 364 g/mol. The Kier molecular flexibility index (Phi) is 6.28. The van der Waals surface area contributed by atoms with E-state index in [0.717, 1.165) is 10.4 Å². The van der Waals surface area contributed by atoms with Gasteiger partial charge in [-0.1, -0.05) is 6.92 Å². The fourth-order valence-corrected chi connectivity index (χ4v) is 4.54. The van der Waals surface area contributed by atoms with E-state index >= 15 is 0 Å². The van der Waals surface area contributed by atoms with Crippen LogP contribution in [0.3, 0.4) is 0 Å². The number of rotatable bonds is 8. The number of carboxylic acid groups (broad SMARTS) is 1. The zero-order valence-electron chi connectivity index (χ0n) is 13.1. The Morgan fingerprint density at radius 2 is 1.87 bits per heavy atom. The molecular formula is C13H20N2O6S2. The first-order valence-electron chi connectivity index (χ1n) is 6.82. The van der Waals surface area contributed by atoms with Gasteiger partial charge < -0.3 is 5.11 Å². The summed E-state index contributed by atoms with van der Waals surface area (Å²) in [6, 6.07) is 3.58. The fraction of sp³-hybridized carbons (Fsp3) is 0.462. The van der Waals surface area contributed by atoms with Crippen LogP contribution in [0, 0.1) is 6.92 Å². The summed E-state index contributed by atoms with van der Waals surface area (Å²) in [6.07, 6.45) is 0.456. The first kappa shape index (κ1) is 19.6. The van der Waals surface area contributed by atoms with Gasteiger partial charge in [-0.05, 0) is 44.2 Å². The monoisotopic (exact) mass is 364 g/mol. The lowest BCUT2D eigenvalue weighted by Gasteiger charge is -2.20. The van der Waals surface area contributed by atoms with Crippen molar-refractivity contribution >= 4 is 26.0 Å². The molecule has 2 N–H and O–H groups in total. The third-order valence-corrected chi connectivity index (χ3v) is 6.54. The highest BCUT2D eigenvalue weighted by Crippen LogP contribution is 2.22. The van der Waals surface area contributed by atoms with Crippen LogP contribution in [0.4, 0.5) is 0 Å².